The molecule has 0 N–H and O–H groups in total. The van der Waals surface area contributed by atoms with E-state index >= 15 is 0 Å². The number of piperidine rings is 1. The van der Waals surface area contributed by atoms with Crippen molar-refractivity contribution in [3.63, 3.8) is 0 Å². The maximum atomic E-state index is 14.3. The van der Waals surface area contributed by atoms with Gasteiger partial charge in [0.15, 0.2) is 5.76 Å². The predicted octanol–water partition coefficient (Wildman–Crippen LogP) is 3.46. The Morgan fingerprint density at radius 1 is 1.25 bits per heavy atom. The van der Waals surface area contributed by atoms with Crippen LogP contribution in [0.3, 0.4) is 0 Å². The standard InChI is InChI=1S/C21H24FNO5/c1-3-27-20(25)21(13-15-7-4-5-8-16(15)22)11-6-12-23(14-21)19(24)17-9-10-18(26-2)28-17/h4-5,7-10H,3,6,11-14H2,1-2H3/t21-/m1/s1. The molecule has 28 heavy (non-hydrogen) atoms. The van der Waals surface area contributed by atoms with E-state index in [2.05, 4.69) is 0 Å². The van der Waals surface area contributed by atoms with Gasteiger partial charge in [0, 0.05) is 19.2 Å². The summed E-state index contributed by atoms with van der Waals surface area (Å²) in [5, 5.41) is 0. The van der Waals surface area contributed by atoms with E-state index < -0.39 is 11.4 Å². The molecule has 1 amide bonds. The number of methoxy groups -OCH3 is 1. The molecule has 3 rings (SSSR count). The van der Waals surface area contributed by atoms with Crippen LogP contribution in [-0.4, -0.2) is 43.6 Å². The van der Waals surface area contributed by atoms with E-state index in [0.29, 0.717) is 24.9 Å². The Morgan fingerprint density at radius 3 is 2.71 bits per heavy atom. The summed E-state index contributed by atoms with van der Waals surface area (Å²) in [6, 6.07) is 9.48. The Kier molecular flexibility index (Phi) is 6.02. The lowest BCUT2D eigenvalue weighted by atomic mass is 9.75. The molecule has 2 aromatic rings. The van der Waals surface area contributed by atoms with Crippen molar-refractivity contribution in [2.75, 3.05) is 26.8 Å². The molecule has 0 spiro atoms. The summed E-state index contributed by atoms with van der Waals surface area (Å²) in [4.78, 5) is 27.3. The van der Waals surface area contributed by atoms with Crippen molar-refractivity contribution in [2.24, 2.45) is 5.41 Å². The van der Waals surface area contributed by atoms with Gasteiger partial charge in [-0.05, 0) is 43.9 Å². The minimum Gasteiger partial charge on any atom is -0.468 e. The molecule has 1 aromatic heterocycles. The zero-order chi connectivity index (χ0) is 20.1. The van der Waals surface area contributed by atoms with Gasteiger partial charge in [0.2, 0.25) is 0 Å². The second-order valence-electron chi connectivity index (χ2n) is 6.92. The fourth-order valence-corrected chi connectivity index (χ4v) is 3.68. The maximum absolute atomic E-state index is 14.3. The fraction of sp³-hybridized carbons (Fsp3) is 0.429. The van der Waals surface area contributed by atoms with Gasteiger partial charge in [-0.3, -0.25) is 9.59 Å². The first-order valence-corrected chi connectivity index (χ1v) is 9.33. The number of benzene rings is 1. The number of hydrogen-bond donors (Lipinski definition) is 0. The van der Waals surface area contributed by atoms with Crippen molar-refractivity contribution in [3.8, 4) is 5.95 Å². The number of likely N-dealkylation sites (tertiary alicyclic amines) is 1. The van der Waals surface area contributed by atoms with Gasteiger partial charge in [-0.2, -0.15) is 0 Å². The van der Waals surface area contributed by atoms with Crippen LogP contribution in [0.5, 0.6) is 5.95 Å². The van der Waals surface area contributed by atoms with Crippen LogP contribution in [0.2, 0.25) is 0 Å². The SMILES string of the molecule is CCOC(=O)[C@@]1(Cc2ccccc2F)CCCN(C(=O)c2ccc(OC)o2)C1. The number of halogens is 1. The summed E-state index contributed by atoms with van der Waals surface area (Å²) >= 11 is 0. The van der Waals surface area contributed by atoms with E-state index in [1.165, 1.54) is 13.2 Å². The van der Waals surface area contributed by atoms with Gasteiger partial charge < -0.3 is 18.8 Å². The summed E-state index contributed by atoms with van der Waals surface area (Å²) in [5.41, 5.74) is -0.562. The maximum Gasteiger partial charge on any atom is 0.314 e. The van der Waals surface area contributed by atoms with Crippen LogP contribution in [0.1, 0.15) is 35.9 Å². The molecule has 1 aliphatic rings. The lowest BCUT2D eigenvalue weighted by molar-refractivity contribution is -0.158. The topological polar surface area (TPSA) is 69.0 Å². The molecule has 1 fully saturated rings. The lowest BCUT2D eigenvalue weighted by Gasteiger charge is -2.40. The van der Waals surface area contributed by atoms with E-state index in [0.717, 1.165) is 0 Å². The van der Waals surface area contributed by atoms with Gasteiger partial charge >= 0.3 is 5.97 Å². The van der Waals surface area contributed by atoms with E-state index in [4.69, 9.17) is 13.9 Å². The largest absolute Gasteiger partial charge is 0.468 e. The highest BCUT2D eigenvalue weighted by molar-refractivity contribution is 5.92. The van der Waals surface area contributed by atoms with Crippen molar-refractivity contribution in [3.05, 3.63) is 53.5 Å². The van der Waals surface area contributed by atoms with Crippen LogP contribution >= 0.6 is 0 Å². The molecule has 1 saturated heterocycles. The van der Waals surface area contributed by atoms with Crippen LogP contribution in [0.15, 0.2) is 40.8 Å². The van der Waals surface area contributed by atoms with Crippen molar-refractivity contribution in [1.82, 2.24) is 4.90 Å². The quantitative estimate of drug-likeness (QED) is 0.708. The number of hydrogen-bond acceptors (Lipinski definition) is 5. The molecular weight excluding hydrogens is 365 g/mol. The van der Waals surface area contributed by atoms with Crippen LogP contribution in [0.4, 0.5) is 4.39 Å². The Balaban J connectivity index is 1.87. The third-order valence-corrected chi connectivity index (χ3v) is 5.05. The smallest absolute Gasteiger partial charge is 0.314 e. The number of ether oxygens (including phenoxy) is 2. The number of carbonyl (C=O) groups excluding carboxylic acids is 2. The average molecular weight is 389 g/mol. The molecule has 2 heterocycles. The van der Waals surface area contributed by atoms with Gasteiger partial charge in [-0.25, -0.2) is 4.39 Å². The Labute approximate surface area is 163 Å². The summed E-state index contributed by atoms with van der Waals surface area (Å²) in [6.45, 7) is 2.58. The number of rotatable bonds is 6. The average Bonchev–Trinajstić information content (AvgIpc) is 3.19. The molecule has 0 saturated carbocycles. The lowest BCUT2D eigenvalue weighted by Crippen LogP contribution is -2.51. The molecule has 0 bridgehead atoms. The number of esters is 1. The van der Waals surface area contributed by atoms with E-state index in [9.17, 15) is 14.0 Å². The molecule has 6 nitrogen and oxygen atoms in total. The van der Waals surface area contributed by atoms with Gasteiger partial charge in [-0.15, -0.1) is 0 Å². The van der Waals surface area contributed by atoms with Crippen molar-refractivity contribution in [2.45, 2.75) is 26.2 Å². The van der Waals surface area contributed by atoms with Gasteiger partial charge in [0.25, 0.3) is 11.9 Å². The Hall–Kier alpha value is -2.83. The molecular formula is C21H24FNO5. The van der Waals surface area contributed by atoms with Gasteiger partial charge in [0.1, 0.15) is 5.82 Å². The Bertz CT molecular complexity index is 849. The number of carbonyl (C=O) groups is 2. The van der Waals surface area contributed by atoms with E-state index in [1.807, 2.05) is 0 Å². The minimum absolute atomic E-state index is 0.141. The molecule has 7 heteroatoms. The molecule has 1 aliphatic heterocycles. The first-order chi connectivity index (χ1) is 13.5. The first-order valence-electron chi connectivity index (χ1n) is 9.33. The molecule has 150 valence electrons. The summed E-state index contributed by atoms with van der Waals surface area (Å²) in [7, 11) is 1.45. The second kappa shape index (κ2) is 8.46. The zero-order valence-corrected chi connectivity index (χ0v) is 16.1. The highest BCUT2D eigenvalue weighted by Gasteiger charge is 2.45. The monoisotopic (exact) mass is 389 g/mol. The molecule has 0 unspecified atom stereocenters. The van der Waals surface area contributed by atoms with Crippen LogP contribution in [0.25, 0.3) is 0 Å². The summed E-state index contributed by atoms with van der Waals surface area (Å²) in [6.07, 6.45) is 1.30. The van der Waals surface area contributed by atoms with Crippen LogP contribution < -0.4 is 4.74 Å². The molecule has 1 atom stereocenters. The summed E-state index contributed by atoms with van der Waals surface area (Å²) < 4.78 is 29.9. The second-order valence-corrected chi connectivity index (χ2v) is 6.92. The number of nitrogens with zero attached hydrogens (tertiary/aromatic N) is 1. The first kappa shape index (κ1) is 19.9. The molecule has 1 aromatic carbocycles. The highest BCUT2D eigenvalue weighted by Crippen LogP contribution is 2.36. The van der Waals surface area contributed by atoms with Gasteiger partial charge in [0.05, 0.1) is 19.1 Å². The van der Waals surface area contributed by atoms with Crippen molar-refractivity contribution < 1.29 is 27.9 Å². The zero-order valence-electron chi connectivity index (χ0n) is 16.1. The summed E-state index contributed by atoms with van der Waals surface area (Å²) in [5.74, 6) is -0.728. The van der Waals surface area contributed by atoms with Crippen LogP contribution in [-0.2, 0) is 16.0 Å². The van der Waals surface area contributed by atoms with Gasteiger partial charge in [-0.1, -0.05) is 18.2 Å². The van der Waals surface area contributed by atoms with Crippen molar-refractivity contribution >= 4 is 11.9 Å². The van der Waals surface area contributed by atoms with Crippen molar-refractivity contribution in [1.29, 1.82) is 0 Å². The number of amides is 1. The third kappa shape index (κ3) is 4.03. The highest BCUT2D eigenvalue weighted by atomic mass is 19.1. The normalized spacial score (nSPS) is 19.3. The Morgan fingerprint density at radius 2 is 2.04 bits per heavy atom. The van der Waals surface area contributed by atoms with Crippen LogP contribution in [0, 0.1) is 11.2 Å². The molecule has 0 radical (unpaired) electrons. The fourth-order valence-electron chi connectivity index (χ4n) is 3.68. The molecule has 0 aliphatic carbocycles. The van der Waals surface area contributed by atoms with E-state index in [-0.39, 0.29) is 43.0 Å². The minimum atomic E-state index is -0.997. The number of furan rings is 1. The predicted molar refractivity (Wildman–Crippen MR) is 99.6 cm³/mol. The third-order valence-electron chi connectivity index (χ3n) is 5.05. The van der Waals surface area contributed by atoms with E-state index in [1.54, 1.807) is 42.2 Å².